The third kappa shape index (κ3) is 5.36. The Balaban J connectivity index is 1.14. The molecule has 0 bridgehead atoms. The molecule has 1 aliphatic carbocycles. The van der Waals surface area contributed by atoms with Crippen LogP contribution < -0.4 is 22.5 Å². The summed E-state index contributed by atoms with van der Waals surface area (Å²) in [6.45, 7) is 3.28. The van der Waals surface area contributed by atoms with Crippen molar-refractivity contribution in [3.8, 4) is 5.69 Å². The molecule has 0 spiro atoms. The Morgan fingerprint density at radius 1 is 1.03 bits per heavy atom. The number of alkyl halides is 3. The average Bonchev–Trinajstić information content (AvgIpc) is 3.28. The van der Waals surface area contributed by atoms with Crippen molar-refractivity contribution < 1.29 is 22.8 Å². The maximum absolute atomic E-state index is 13.1. The molecule has 1 saturated carbocycles. The summed E-state index contributed by atoms with van der Waals surface area (Å²) in [5.41, 5.74) is 9.41. The van der Waals surface area contributed by atoms with E-state index in [1.807, 2.05) is 24.3 Å². The number of halogens is 3. The number of hydrogen-bond acceptors (Lipinski definition) is 7. The molecule has 3 aliphatic rings. The van der Waals surface area contributed by atoms with Crippen LogP contribution in [0.4, 0.5) is 23.8 Å². The zero-order chi connectivity index (χ0) is 28.1. The fraction of sp³-hybridized carbons (Fsp3) is 0.520. The van der Waals surface area contributed by atoms with Gasteiger partial charge in [0, 0.05) is 58.1 Å². The highest BCUT2D eigenvalue weighted by Crippen LogP contribution is 2.44. The lowest BCUT2D eigenvalue weighted by Crippen LogP contribution is -2.64. The molecule has 3 amide bonds. The third-order valence-electron chi connectivity index (χ3n) is 7.88. The zero-order valence-electron chi connectivity index (χ0n) is 21.4. The number of rotatable bonds is 5. The maximum Gasteiger partial charge on any atom is 0.415 e. The number of benzene rings is 1. The van der Waals surface area contributed by atoms with Gasteiger partial charge in [0.2, 0.25) is 0 Å². The fourth-order valence-corrected chi connectivity index (χ4v) is 5.23. The van der Waals surface area contributed by atoms with Crippen LogP contribution >= 0.6 is 0 Å². The quantitative estimate of drug-likeness (QED) is 0.496. The molecule has 11 nitrogen and oxygen atoms in total. The van der Waals surface area contributed by atoms with Gasteiger partial charge in [-0.15, -0.1) is 0 Å². The highest BCUT2D eigenvalue weighted by atomic mass is 19.4. The number of likely N-dealkylation sites (tertiary alicyclic amines) is 1. The summed E-state index contributed by atoms with van der Waals surface area (Å²) in [7, 11) is 0. The van der Waals surface area contributed by atoms with E-state index < -0.39 is 29.3 Å². The molecule has 1 aromatic heterocycles. The number of nitrogens with one attached hydrogen (secondary N) is 1. The molecule has 14 heteroatoms. The Morgan fingerprint density at radius 3 is 2.18 bits per heavy atom. The number of amides is 3. The van der Waals surface area contributed by atoms with Gasteiger partial charge in [0.1, 0.15) is 5.82 Å². The Hall–Kier alpha value is -3.49. The van der Waals surface area contributed by atoms with Crippen LogP contribution in [0.15, 0.2) is 41.3 Å². The van der Waals surface area contributed by atoms with Gasteiger partial charge in [-0.05, 0) is 42.5 Å². The van der Waals surface area contributed by atoms with Crippen LogP contribution in [-0.2, 0) is 11.3 Å². The number of nitrogens with zero attached hydrogens (tertiary/aromatic N) is 5. The van der Waals surface area contributed by atoms with Crippen molar-refractivity contribution >= 4 is 17.8 Å². The Kier molecular flexibility index (Phi) is 6.89. The molecule has 2 aromatic rings. The molecule has 0 radical (unpaired) electrons. The minimum Gasteiger partial charge on any atom is -0.337 e. The topological polar surface area (TPSA) is 143 Å². The lowest BCUT2D eigenvalue weighted by atomic mass is 10.0. The van der Waals surface area contributed by atoms with Gasteiger partial charge in [0.25, 0.3) is 5.91 Å². The van der Waals surface area contributed by atoms with E-state index in [-0.39, 0.29) is 32.0 Å². The maximum atomic E-state index is 13.1. The normalized spacial score (nSPS) is 24.7. The fourth-order valence-electron chi connectivity index (χ4n) is 5.23. The van der Waals surface area contributed by atoms with Gasteiger partial charge in [-0.3, -0.25) is 19.6 Å². The summed E-state index contributed by atoms with van der Waals surface area (Å²) in [5.74, 6) is 0.0272. The van der Waals surface area contributed by atoms with Crippen LogP contribution in [0.2, 0.25) is 0 Å². The molecule has 3 fully saturated rings. The smallest absolute Gasteiger partial charge is 0.337 e. The van der Waals surface area contributed by atoms with E-state index in [9.17, 15) is 27.6 Å². The summed E-state index contributed by atoms with van der Waals surface area (Å²) in [6, 6.07) is 8.86. The second kappa shape index (κ2) is 9.92. The van der Waals surface area contributed by atoms with Gasteiger partial charge in [-0.2, -0.15) is 18.2 Å². The highest BCUT2D eigenvalue weighted by Gasteiger charge is 2.55. The molecule has 2 saturated heterocycles. The second-order valence-corrected chi connectivity index (χ2v) is 10.6. The van der Waals surface area contributed by atoms with Crippen molar-refractivity contribution in [1.82, 2.24) is 24.3 Å². The third-order valence-corrected chi connectivity index (χ3v) is 7.88. The molecule has 2 aliphatic heterocycles. The van der Waals surface area contributed by atoms with Crippen LogP contribution in [0.5, 0.6) is 0 Å². The average molecular weight is 549 g/mol. The zero-order valence-corrected chi connectivity index (χ0v) is 21.4. The first-order chi connectivity index (χ1) is 18.3. The van der Waals surface area contributed by atoms with E-state index in [4.69, 9.17) is 11.5 Å². The van der Waals surface area contributed by atoms with Crippen LogP contribution in [0, 0.1) is 11.8 Å². The second-order valence-electron chi connectivity index (χ2n) is 10.6. The Labute approximate surface area is 222 Å². The van der Waals surface area contributed by atoms with Crippen molar-refractivity contribution in [3.05, 3.63) is 52.6 Å². The summed E-state index contributed by atoms with van der Waals surface area (Å²) in [6.07, 6.45) is -3.39. The van der Waals surface area contributed by atoms with Crippen LogP contribution in [0.3, 0.4) is 0 Å². The first-order valence-electron chi connectivity index (χ1n) is 12.7. The van der Waals surface area contributed by atoms with Crippen molar-refractivity contribution in [2.75, 3.05) is 44.6 Å². The van der Waals surface area contributed by atoms with E-state index in [0.29, 0.717) is 30.5 Å². The van der Waals surface area contributed by atoms with Crippen molar-refractivity contribution in [3.63, 3.8) is 0 Å². The summed E-state index contributed by atoms with van der Waals surface area (Å²) in [4.78, 5) is 46.2. The SMILES string of the molecule is CC(N)(C(=O)N1CCN(C(=O)Nc2ccn(-c3ccc(CN4C[C@@H]5C(N)[C@@H]5C4)cc3)c(=O)n2)CC1)C(F)(F)F. The van der Waals surface area contributed by atoms with Gasteiger partial charge in [0.15, 0.2) is 5.54 Å². The summed E-state index contributed by atoms with van der Waals surface area (Å²) < 4.78 is 40.6. The van der Waals surface area contributed by atoms with E-state index in [1.165, 1.54) is 21.7 Å². The molecular formula is C25H31F3N8O3. The number of carbonyl (C=O) groups is 2. The summed E-state index contributed by atoms with van der Waals surface area (Å²) >= 11 is 0. The first kappa shape index (κ1) is 27.1. The molecule has 4 atom stereocenters. The molecule has 1 aromatic carbocycles. The molecule has 210 valence electrons. The number of urea groups is 1. The van der Waals surface area contributed by atoms with E-state index in [2.05, 4.69) is 15.2 Å². The highest BCUT2D eigenvalue weighted by molar-refractivity contribution is 5.89. The number of anilines is 1. The standard InChI is InChI=1S/C25H31F3N8O3/c1-24(30,25(26,27)28)21(37)34-8-10-35(11-9-34)22(38)31-19-6-7-36(23(39)32-19)16-4-2-15(3-5-16)12-33-13-17-18(14-33)20(17)29/h2-7,17-18,20H,8-14,29-30H2,1H3,(H,31,32,38,39)/t17-,18+,20?,24?. The number of aromatic nitrogens is 2. The predicted octanol–water partition coefficient (Wildman–Crippen LogP) is 0.577. The van der Waals surface area contributed by atoms with Gasteiger partial charge < -0.3 is 21.3 Å². The minimum atomic E-state index is -4.89. The van der Waals surface area contributed by atoms with Crippen molar-refractivity contribution in [2.24, 2.45) is 23.3 Å². The number of hydrogen-bond donors (Lipinski definition) is 3. The van der Waals surface area contributed by atoms with Gasteiger partial charge in [-0.1, -0.05) is 12.1 Å². The van der Waals surface area contributed by atoms with Gasteiger partial charge in [-0.25, -0.2) is 9.59 Å². The molecule has 39 heavy (non-hydrogen) atoms. The van der Waals surface area contributed by atoms with Crippen molar-refractivity contribution in [1.29, 1.82) is 0 Å². The largest absolute Gasteiger partial charge is 0.415 e. The van der Waals surface area contributed by atoms with Crippen LogP contribution in [0.1, 0.15) is 12.5 Å². The molecule has 5 N–H and O–H groups in total. The van der Waals surface area contributed by atoms with Crippen LogP contribution in [-0.4, -0.2) is 93.2 Å². The minimum absolute atomic E-state index is 0.000466. The number of carbonyl (C=O) groups excluding carboxylic acids is 2. The molecule has 2 unspecified atom stereocenters. The van der Waals surface area contributed by atoms with Gasteiger partial charge >= 0.3 is 17.9 Å². The van der Waals surface area contributed by atoms with E-state index >= 15 is 0 Å². The number of piperazine rings is 1. The Bertz CT molecular complexity index is 1290. The Morgan fingerprint density at radius 2 is 1.62 bits per heavy atom. The molecule has 3 heterocycles. The van der Waals surface area contributed by atoms with E-state index in [1.54, 1.807) is 0 Å². The van der Waals surface area contributed by atoms with Crippen LogP contribution in [0.25, 0.3) is 5.69 Å². The van der Waals surface area contributed by atoms with Crippen molar-refractivity contribution in [2.45, 2.75) is 31.2 Å². The lowest BCUT2D eigenvalue weighted by molar-refractivity contribution is -0.194. The number of piperidine rings is 1. The predicted molar refractivity (Wildman–Crippen MR) is 136 cm³/mol. The van der Waals surface area contributed by atoms with Gasteiger partial charge in [0.05, 0.1) is 5.69 Å². The monoisotopic (exact) mass is 548 g/mol. The summed E-state index contributed by atoms with van der Waals surface area (Å²) in [5, 5.41) is 2.53. The number of nitrogens with two attached hydrogens (primary N) is 2. The van der Waals surface area contributed by atoms with E-state index in [0.717, 1.165) is 30.1 Å². The first-order valence-corrected chi connectivity index (χ1v) is 12.7. The molecule has 5 rings (SSSR count). The molecular weight excluding hydrogens is 517 g/mol. The number of fused-ring (bicyclic) bond motifs is 1. The lowest BCUT2D eigenvalue weighted by Gasteiger charge is -2.38.